The number of halogens is 1. The molecular weight excluding hydrogens is 376 g/mol. The predicted octanol–water partition coefficient (Wildman–Crippen LogP) is 4.38. The lowest BCUT2D eigenvalue weighted by Gasteiger charge is -2.08. The number of carbonyl (C=O) groups is 1. The zero-order valence-electron chi connectivity index (χ0n) is 14.1. The summed E-state index contributed by atoms with van der Waals surface area (Å²) >= 11 is 7.03. The minimum Gasteiger partial charge on any atom is -0.497 e. The van der Waals surface area contributed by atoms with Crippen LogP contribution in [0.1, 0.15) is 10.4 Å². The summed E-state index contributed by atoms with van der Waals surface area (Å²) in [5, 5.41) is 8.89. The van der Waals surface area contributed by atoms with Crippen molar-refractivity contribution in [3.8, 4) is 23.0 Å². The molecule has 0 bridgehead atoms. The van der Waals surface area contributed by atoms with E-state index in [-0.39, 0.29) is 11.5 Å². The lowest BCUT2D eigenvalue weighted by atomic mass is 10.1. The quantitative estimate of drug-likeness (QED) is 0.437. The number of thioether (sulfide) groups is 1. The Kier molecular flexibility index (Phi) is 5.80. The van der Waals surface area contributed by atoms with Gasteiger partial charge in [0.15, 0.2) is 5.78 Å². The zero-order valence-corrected chi connectivity index (χ0v) is 15.6. The molecule has 8 heteroatoms. The predicted molar refractivity (Wildman–Crippen MR) is 99.3 cm³/mol. The van der Waals surface area contributed by atoms with Crippen molar-refractivity contribution in [3.05, 3.63) is 53.1 Å². The number of methoxy groups -OCH3 is 2. The van der Waals surface area contributed by atoms with Crippen molar-refractivity contribution in [1.82, 2.24) is 10.2 Å². The van der Waals surface area contributed by atoms with E-state index < -0.39 is 0 Å². The van der Waals surface area contributed by atoms with Crippen LogP contribution in [0.2, 0.25) is 5.02 Å². The molecule has 0 atom stereocenters. The Morgan fingerprint density at radius 2 is 1.88 bits per heavy atom. The summed E-state index contributed by atoms with van der Waals surface area (Å²) in [6.07, 6.45) is 0. The highest BCUT2D eigenvalue weighted by molar-refractivity contribution is 7.99. The number of ketones is 1. The normalized spacial score (nSPS) is 10.6. The van der Waals surface area contributed by atoms with Crippen LogP contribution in [0.4, 0.5) is 0 Å². The fourth-order valence-corrected chi connectivity index (χ4v) is 2.99. The summed E-state index contributed by atoms with van der Waals surface area (Å²) in [6.45, 7) is 0. The van der Waals surface area contributed by atoms with E-state index in [1.165, 1.54) is 7.11 Å². The molecule has 0 amide bonds. The summed E-state index contributed by atoms with van der Waals surface area (Å²) in [5.41, 5.74) is 1.20. The van der Waals surface area contributed by atoms with Gasteiger partial charge >= 0.3 is 0 Å². The van der Waals surface area contributed by atoms with Gasteiger partial charge in [-0.25, -0.2) is 0 Å². The van der Waals surface area contributed by atoms with Gasteiger partial charge in [0.1, 0.15) is 11.5 Å². The minimum atomic E-state index is -0.128. The fraction of sp³-hybridized carbons (Fsp3) is 0.167. The molecule has 0 saturated carbocycles. The largest absolute Gasteiger partial charge is 0.497 e. The number of rotatable bonds is 7. The average Bonchev–Trinajstić information content (AvgIpc) is 3.15. The second-order valence-corrected chi connectivity index (χ2v) is 6.52. The second kappa shape index (κ2) is 8.25. The first-order chi connectivity index (χ1) is 12.6. The maximum atomic E-state index is 12.5. The van der Waals surface area contributed by atoms with Crippen LogP contribution in [-0.2, 0) is 0 Å². The molecule has 1 aromatic heterocycles. The standard InChI is InChI=1S/C18H15ClN2O4S/c1-23-13-7-8-16(24-2)14(9-13)15(22)10-26-18-21-20-17(25-18)11-3-5-12(19)6-4-11/h3-9H,10H2,1-2H3. The summed E-state index contributed by atoms with van der Waals surface area (Å²) in [5.74, 6) is 1.45. The van der Waals surface area contributed by atoms with Gasteiger partial charge in [-0.3, -0.25) is 4.79 Å². The number of hydrogen-bond acceptors (Lipinski definition) is 7. The molecule has 0 aliphatic rings. The van der Waals surface area contributed by atoms with Crippen molar-refractivity contribution in [2.24, 2.45) is 0 Å². The van der Waals surface area contributed by atoms with Crippen molar-refractivity contribution in [2.75, 3.05) is 20.0 Å². The van der Waals surface area contributed by atoms with Gasteiger partial charge in [-0.15, -0.1) is 10.2 Å². The van der Waals surface area contributed by atoms with Crippen LogP contribution < -0.4 is 9.47 Å². The van der Waals surface area contributed by atoms with E-state index in [0.717, 1.165) is 17.3 Å². The molecule has 6 nitrogen and oxygen atoms in total. The average molecular weight is 391 g/mol. The molecule has 1 heterocycles. The van der Waals surface area contributed by atoms with E-state index in [9.17, 15) is 4.79 Å². The van der Waals surface area contributed by atoms with E-state index in [1.807, 2.05) is 0 Å². The minimum absolute atomic E-state index is 0.128. The van der Waals surface area contributed by atoms with Gasteiger partial charge in [-0.1, -0.05) is 23.4 Å². The smallest absolute Gasteiger partial charge is 0.277 e. The van der Waals surface area contributed by atoms with Crippen LogP contribution in [0.25, 0.3) is 11.5 Å². The van der Waals surface area contributed by atoms with Gasteiger partial charge in [0, 0.05) is 10.6 Å². The highest BCUT2D eigenvalue weighted by Gasteiger charge is 2.16. The van der Waals surface area contributed by atoms with Crippen LogP contribution in [0.15, 0.2) is 52.1 Å². The Labute approximate surface area is 159 Å². The third-order valence-corrected chi connectivity index (χ3v) is 4.60. The Morgan fingerprint density at radius 3 is 2.58 bits per heavy atom. The first-order valence-corrected chi connectivity index (χ1v) is 8.94. The number of Topliss-reactive ketones (excluding diaryl/α,β-unsaturated/α-hetero) is 1. The molecule has 26 heavy (non-hydrogen) atoms. The van der Waals surface area contributed by atoms with Gasteiger partial charge in [-0.2, -0.15) is 0 Å². The molecule has 3 aromatic rings. The van der Waals surface area contributed by atoms with Crippen molar-refractivity contribution in [3.63, 3.8) is 0 Å². The monoisotopic (exact) mass is 390 g/mol. The highest BCUT2D eigenvalue weighted by Crippen LogP contribution is 2.28. The molecule has 0 aliphatic heterocycles. The second-order valence-electron chi connectivity index (χ2n) is 5.16. The van der Waals surface area contributed by atoms with E-state index >= 15 is 0 Å². The Hall–Kier alpha value is -2.51. The lowest BCUT2D eigenvalue weighted by Crippen LogP contribution is -2.05. The summed E-state index contributed by atoms with van der Waals surface area (Å²) < 4.78 is 16.0. The topological polar surface area (TPSA) is 74.5 Å². The van der Waals surface area contributed by atoms with E-state index in [4.69, 9.17) is 25.5 Å². The molecule has 0 radical (unpaired) electrons. The van der Waals surface area contributed by atoms with Crippen molar-refractivity contribution < 1.29 is 18.7 Å². The molecule has 0 unspecified atom stereocenters. The van der Waals surface area contributed by atoms with Crippen LogP contribution in [0.5, 0.6) is 11.5 Å². The Bertz CT molecular complexity index is 912. The molecule has 134 valence electrons. The van der Waals surface area contributed by atoms with E-state index in [0.29, 0.717) is 33.2 Å². The number of ether oxygens (including phenoxy) is 2. The summed E-state index contributed by atoms with van der Waals surface area (Å²) in [4.78, 5) is 12.5. The highest BCUT2D eigenvalue weighted by atomic mass is 35.5. The number of benzene rings is 2. The van der Waals surface area contributed by atoms with Gasteiger partial charge in [-0.05, 0) is 42.5 Å². The Balaban J connectivity index is 1.70. The number of nitrogens with zero attached hydrogens (tertiary/aromatic N) is 2. The van der Waals surface area contributed by atoms with Gasteiger partial charge in [0.2, 0.25) is 5.89 Å². The SMILES string of the molecule is COc1ccc(OC)c(C(=O)CSc2nnc(-c3ccc(Cl)cc3)o2)c1. The Morgan fingerprint density at radius 1 is 1.12 bits per heavy atom. The van der Waals surface area contributed by atoms with Crippen LogP contribution in [0.3, 0.4) is 0 Å². The lowest BCUT2D eigenvalue weighted by molar-refractivity contribution is 0.101. The number of carbonyl (C=O) groups excluding carboxylic acids is 1. The molecule has 0 saturated heterocycles. The molecule has 0 aliphatic carbocycles. The van der Waals surface area contributed by atoms with Crippen molar-refractivity contribution in [2.45, 2.75) is 5.22 Å². The summed E-state index contributed by atoms with van der Waals surface area (Å²) in [7, 11) is 3.06. The summed E-state index contributed by atoms with van der Waals surface area (Å²) in [6, 6.07) is 12.1. The van der Waals surface area contributed by atoms with Crippen LogP contribution in [0, 0.1) is 0 Å². The third kappa shape index (κ3) is 4.17. The van der Waals surface area contributed by atoms with Gasteiger partial charge in [0.25, 0.3) is 5.22 Å². The van der Waals surface area contributed by atoms with E-state index in [2.05, 4.69) is 10.2 Å². The molecule has 3 rings (SSSR count). The first-order valence-electron chi connectivity index (χ1n) is 7.58. The third-order valence-electron chi connectivity index (χ3n) is 3.53. The molecular formula is C18H15ClN2O4S. The van der Waals surface area contributed by atoms with Crippen LogP contribution in [-0.4, -0.2) is 36.0 Å². The zero-order chi connectivity index (χ0) is 18.5. The molecule has 0 N–H and O–H groups in total. The number of hydrogen-bond donors (Lipinski definition) is 0. The number of aromatic nitrogens is 2. The van der Waals surface area contributed by atoms with Crippen molar-refractivity contribution in [1.29, 1.82) is 0 Å². The maximum Gasteiger partial charge on any atom is 0.277 e. The van der Waals surface area contributed by atoms with Gasteiger partial charge < -0.3 is 13.9 Å². The van der Waals surface area contributed by atoms with Gasteiger partial charge in [0.05, 0.1) is 25.5 Å². The maximum absolute atomic E-state index is 12.5. The molecule has 0 fully saturated rings. The fourth-order valence-electron chi connectivity index (χ4n) is 2.21. The van der Waals surface area contributed by atoms with Crippen molar-refractivity contribution >= 4 is 29.1 Å². The molecule has 2 aromatic carbocycles. The van der Waals surface area contributed by atoms with E-state index in [1.54, 1.807) is 49.6 Å². The molecule has 0 spiro atoms. The first kappa shape index (κ1) is 18.3. The van der Waals surface area contributed by atoms with Crippen LogP contribution >= 0.6 is 23.4 Å².